The third-order valence-electron chi connectivity index (χ3n) is 0.896. The first kappa shape index (κ1) is 14.6. The summed E-state index contributed by atoms with van der Waals surface area (Å²) in [6.07, 6.45) is 2.83. The summed E-state index contributed by atoms with van der Waals surface area (Å²) < 4.78 is 23.6. The number of carbonyl (C=O) groups is 1. The molecule has 0 saturated carbocycles. The minimum Gasteiger partial charge on any atom is -0.366 e. The second kappa shape index (κ2) is 11.1. The number of primary amides is 1. The molecule has 0 aromatic carbocycles. The Morgan fingerprint density at radius 2 is 2.08 bits per heavy atom. The van der Waals surface area contributed by atoms with Crippen molar-refractivity contribution < 1.29 is 17.4 Å². The quantitative estimate of drug-likeness (QED) is 0.379. The van der Waals surface area contributed by atoms with Crippen molar-refractivity contribution in [3.8, 4) is 0 Å². The molecule has 0 aliphatic heterocycles. The van der Waals surface area contributed by atoms with Gasteiger partial charge in [-0.2, -0.15) is 0 Å². The van der Waals surface area contributed by atoms with E-state index in [0.717, 1.165) is 18.9 Å². The first-order valence-electron chi connectivity index (χ1n) is 3.73. The van der Waals surface area contributed by atoms with E-state index in [1.165, 1.54) is 0 Å². The number of unbranched alkanes of at least 4 members (excludes halogenated alkanes) is 1. The van der Waals surface area contributed by atoms with Gasteiger partial charge in [-0.3, -0.25) is 8.98 Å². The van der Waals surface area contributed by atoms with Crippen LogP contribution in [0.5, 0.6) is 0 Å². The molecule has 0 saturated heterocycles. The van der Waals surface area contributed by atoms with Crippen molar-refractivity contribution in [1.29, 1.82) is 0 Å². The molecular weight excluding hydrogens is 194 g/mol. The largest absolute Gasteiger partial charge is 0.366 e. The van der Waals surface area contributed by atoms with Crippen LogP contribution in [0.2, 0.25) is 0 Å². The van der Waals surface area contributed by atoms with Gasteiger partial charge in [0.05, 0.1) is 6.61 Å². The number of thiol groups is 1. The molecule has 0 heterocycles. The zero-order chi connectivity index (χ0) is 10.7. The molecule has 0 rings (SSSR count). The molecule has 0 aromatic rings. The first-order valence-corrected chi connectivity index (χ1v) is 4.83. The van der Waals surface area contributed by atoms with Gasteiger partial charge < -0.3 is 5.73 Å². The minimum atomic E-state index is -2.61. The van der Waals surface area contributed by atoms with Crippen LogP contribution in [0.15, 0.2) is 12.7 Å². The van der Waals surface area contributed by atoms with Crippen molar-refractivity contribution in [3.05, 3.63) is 12.7 Å². The maximum atomic E-state index is 9.69. The predicted molar refractivity (Wildman–Crippen MR) is 50.6 cm³/mol. The van der Waals surface area contributed by atoms with E-state index >= 15 is 0 Å². The number of rotatable bonds is 5. The molecule has 0 aliphatic rings. The summed E-state index contributed by atoms with van der Waals surface area (Å²) in [5.41, 5.74) is 4.53. The van der Waals surface area contributed by atoms with Gasteiger partial charge in [-0.1, -0.05) is 19.9 Å². The highest BCUT2D eigenvalue weighted by Crippen LogP contribution is 1.86. The average molecular weight is 209 g/mol. The Hall–Kier alpha value is -0.880. The first-order chi connectivity index (χ1) is 6.04. The lowest BCUT2D eigenvalue weighted by atomic mass is 10.4. The minimum absolute atomic E-state index is 0.329. The van der Waals surface area contributed by atoms with Gasteiger partial charge in [-0.15, -0.1) is 0 Å². The Labute approximate surface area is 79.7 Å². The summed E-state index contributed by atoms with van der Waals surface area (Å²) in [7, 11) is -2.61. The van der Waals surface area contributed by atoms with Crippen molar-refractivity contribution in [2.45, 2.75) is 19.8 Å². The molecule has 0 aromatic heterocycles. The van der Waals surface area contributed by atoms with E-state index < -0.39 is 16.9 Å². The van der Waals surface area contributed by atoms with Crippen LogP contribution < -0.4 is 5.73 Å². The predicted octanol–water partition coefficient (Wildman–Crippen LogP) is -0.0128. The number of hydrogen-bond acceptors (Lipinski definition) is 4. The molecule has 0 spiro atoms. The third-order valence-corrected chi connectivity index (χ3v) is 1.29. The summed E-state index contributed by atoms with van der Waals surface area (Å²) >= 11 is 0. The van der Waals surface area contributed by atoms with Gasteiger partial charge in [0.2, 0.25) is 5.91 Å². The lowest BCUT2D eigenvalue weighted by Gasteiger charge is -1.89. The van der Waals surface area contributed by atoms with Crippen molar-refractivity contribution >= 4 is 16.9 Å². The van der Waals surface area contributed by atoms with Crippen LogP contribution >= 0.6 is 0 Å². The Morgan fingerprint density at radius 1 is 1.62 bits per heavy atom. The van der Waals surface area contributed by atoms with Gasteiger partial charge in [0.1, 0.15) is 0 Å². The smallest absolute Gasteiger partial charge is 0.257 e. The molecule has 0 aliphatic carbocycles. The molecule has 0 unspecified atom stereocenters. The molecule has 2 N–H and O–H groups in total. The van der Waals surface area contributed by atoms with E-state index in [2.05, 4.69) is 16.5 Å². The number of carbonyl (C=O) groups excluding carboxylic acids is 1. The highest BCUT2D eigenvalue weighted by molar-refractivity contribution is 7.67. The average Bonchev–Trinajstić information content (AvgIpc) is 2.05. The molecule has 0 bridgehead atoms. The third kappa shape index (κ3) is 24.7. The fourth-order valence-corrected chi connectivity index (χ4v) is 0.562. The van der Waals surface area contributed by atoms with Crippen LogP contribution in [0.4, 0.5) is 0 Å². The lowest BCUT2D eigenvalue weighted by Crippen LogP contribution is -2.04. The molecule has 5 nitrogen and oxygen atoms in total. The summed E-state index contributed by atoms with van der Waals surface area (Å²) in [6.45, 7) is 5.39. The molecule has 6 heteroatoms. The molecule has 0 radical (unpaired) electrons. The highest BCUT2D eigenvalue weighted by atomic mass is 32.2. The van der Waals surface area contributed by atoms with Crippen molar-refractivity contribution in [3.63, 3.8) is 0 Å². The molecule has 13 heavy (non-hydrogen) atoms. The van der Waals surface area contributed by atoms with E-state index in [4.69, 9.17) is 0 Å². The fourth-order valence-electron chi connectivity index (χ4n) is 0.283. The van der Waals surface area contributed by atoms with Crippen molar-refractivity contribution in [2.75, 3.05) is 6.61 Å². The zero-order valence-electron chi connectivity index (χ0n) is 7.56. The normalized spacial score (nSPS) is 8.77. The monoisotopic (exact) mass is 209 g/mol. The maximum absolute atomic E-state index is 9.69. The number of hydrogen-bond donors (Lipinski definition) is 2. The summed E-state index contributed by atoms with van der Waals surface area (Å²) in [6, 6.07) is 0. The number of amides is 1. The van der Waals surface area contributed by atoms with E-state index in [1.54, 1.807) is 0 Å². The Bertz CT molecular complexity index is 205. The van der Waals surface area contributed by atoms with Crippen LogP contribution in [0.1, 0.15) is 19.8 Å². The highest BCUT2D eigenvalue weighted by Gasteiger charge is 1.83. The van der Waals surface area contributed by atoms with Crippen molar-refractivity contribution in [1.82, 2.24) is 0 Å². The Morgan fingerprint density at radius 3 is 2.31 bits per heavy atom. The van der Waals surface area contributed by atoms with Crippen LogP contribution in [0.3, 0.4) is 0 Å². The van der Waals surface area contributed by atoms with Gasteiger partial charge in [0, 0.05) is 0 Å². The van der Waals surface area contributed by atoms with Crippen LogP contribution in [0, 0.1) is 0 Å². The molecule has 78 valence electrons. The van der Waals surface area contributed by atoms with Gasteiger partial charge in [0.15, 0.2) is 0 Å². The fraction of sp³-hybridized carbons (Fsp3) is 0.571. The lowest BCUT2D eigenvalue weighted by molar-refractivity contribution is -0.113. The van der Waals surface area contributed by atoms with E-state index in [1.807, 2.05) is 6.92 Å². The maximum Gasteiger partial charge on any atom is 0.257 e. The molecular formula is C7H15NO4S. The second-order valence-corrected chi connectivity index (χ2v) is 2.72. The van der Waals surface area contributed by atoms with Gasteiger partial charge in [0.25, 0.3) is 11.0 Å². The standard InChI is InChI=1S/C4H10O3S.C3H5NO/c1-2-3-4-7-8(5)6;1-2-3(4)5/h8H,2-4H2,1H3;2H,1H2,(H2,4,5). The van der Waals surface area contributed by atoms with Gasteiger partial charge in [-0.05, 0) is 12.5 Å². The van der Waals surface area contributed by atoms with Crippen LogP contribution in [-0.2, 0) is 20.0 Å². The Balaban J connectivity index is 0. The van der Waals surface area contributed by atoms with Crippen LogP contribution in [-0.4, -0.2) is 20.9 Å². The summed E-state index contributed by atoms with van der Waals surface area (Å²) in [5, 5.41) is 0. The summed E-state index contributed by atoms with van der Waals surface area (Å²) in [4.78, 5) is 9.47. The summed E-state index contributed by atoms with van der Waals surface area (Å²) in [5.74, 6) is -0.481. The van der Waals surface area contributed by atoms with Crippen molar-refractivity contribution in [2.24, 2.45) is 5.73 Å². The van der Waals surface area contributed by atoms with E-state index in [-0.39, 0.29) is 0 Å². The van der Waals surface area contributed by atoms with Gasteiger partial charge >= 0.3 is 0 Å². The molecule has 1 amide bonds. The zero-order valence-corrected chi connectivity index (χ0v) is 8.46. The molecule has 0 atom stereocenters. The second-order valence-electron chi connectivity index (χ2n) is 2.02. The number of nitrogens with two attached hydrogens (primary N) is 1. The Kier molecular flexibility index (Phi) is 12.5. The molecule has 0 fully saturated rings. The van der Waals surface area contributed by atoms with Crippen LogP contribution in [0.25, 0.3) is 0 Å². The van der Waals surface area contributed by atoms with E-state index in [0.29, 0.717) is 6.61 Å². The topological polar surface area (TPSA) is 86.5 Å². The SMILES string of the molecule is C=CC(N)=O.CCCCO[SH](=O)=O. The van der Waals surface area contributed by atoms with Gasteiger partial charge in [-0.25, -0.2) is 8.42 Å². The van der Waals surface area contributed by atoms with E-state index in [9.17, 15) is 13.2 Å².